The molecule has 1 unspecified atom stereocenters. The number of aliphatic hydroxyl groups is 1. The third-order valence-electron chi connectivity index (χ3n) is 7.39. The second-order valence-corrected chi connectivity index (χ2v) is 10.6. The molecule has 1 N–H and O–H groups in total. The highest BCUT2D eigenvalue weighted by atomic mass is 16.5. The van der Waals surface area contributed by atoms with Crippen molar-refractivity contribution in [3.63, 3.8) is 0 Å². The van der Waals surface area contributed by atoms with Crippen molar-refractivity contribution < 1.29 is 9.84 Å². The van der Waals surface area contributed by atoms with Crippen molar-refractivity contribution in [2.45, 2.75) is 32.8 Å². The van der Waals surface area contributed by atoms with Gasteiger partial charge in [-0.05, 0) is 72.7 Å². The summed E-state index contributed by atoms with van der Waals surface area (Å²) < 4.78 is 5.82. The fourth-order valence-corrected chi connectivity index (χ4v) is 5.07. The van der Waals surface area contributed by atoms with Gasteiger partial charge in [-0.25, -0.2) is 15.0 Å². The van der Waals surface area contributed by atoms with Crippen LogP contribution in [-0.2, 0) is 0 Å². The van der Waals surface area contributed by atoms with Gasteiger partial charge in [0.25, 0.3) is 0 Å². The van der Waals surface area contributed by atoms with Gasteiger partial charge < -0.3 is 9.84 Å². The largest absolute Gasteiger partial charge is 0.488 e. The van der Waals surface area contributed by atoms with Gasteiger partial charge in [0.2, 0.25) is 0 Å². The van der Waals surface area contributed by atoms with E-state index < -0.39 is 0 Å². The normalized spacial score (nSPS) is 13.5. The van der Waals surface area contributed by atoms with Crippen LogP contribution in [0.2, 0.25) is 0 Å². The Labute approximate surface area is 246 Å². The lowest BCUT2D eigenvalue weighted by Crippen LogP contribution is -2.16. The van der Waals surface area contributed by atoms with Crippen molar-refractivity contribution in [3.8, 4) is 51.0 Å². The summed E-state index contributed by atoms with van der Waals surface area (Å²) in [4.78, 5) is 14.8. The average Bonchev–Trinajstić information content (AvgIpc) is 3.05. The molecular formula is C37H33N3O2. The molecule has 6 rings (SSSR count). The standard InChI is InChI=1S/C37H33N3O2/c1-25-23-33(42-26(2)24-41)21-22-34(25)37-39-35(31-17-13-29(14-18-31)27-9-5-3-6-10-27)38-36(40-37)32-19-15-30(16-20-32)28-11-7-4-8-12-28/h3,5-7,9-23,26,41H,4,8,24H2,1-2H3. The molecule has 0 amide bonds. The molecule has 0 aliphatic heterocycles. The molecule has 208 valence electrons. The second-order valence-electron chi connectivity index (χ2n) is 10.6. The molecule has 1 aliphatic rings. The number of aryl methyl sites for hydroxylation is 1. The summed E-state index contributed by atoms with van der Waals surface area (Å²) in [6, 6.07) is 32.9. The van der Waals surface area contributed by atoms with Gasteiger partial charge in [0, 0.05) is 16.7 Å². The number of benzene rings is 4. The summed E-state index contributed by atoms with van der Waals surface area (Å²) in [7, 11) is 0. The summed E-state index contributed by atoms with van der Waals surface area (Å²) in [6.07, 6.45) is 8.57. The minimum atomic E-state index is -0.285. The van der Waals surface area contributed by atoms with Crippen molar-refractivity contribution in [1.29, 1.82) is 0 Å². The third kappa shape index (κ3) is 6.07. The highest BCUT2D eigenvalue weighted by Crippen LogP contribution is 2.31. The molecule has 4 aromatic carbocycles. The van der Waals surface area contributed by atoms with Crippen molar-refractivity contribution in [2.75, 3.05) is 6.61 Å². The lowest BCUT2D eigenvalue weighted by Gasteiger charge is -2.14. The van der Waals surface area contributed by atoms with Crippen LogP contribution < -0.4 is 4.74 Å². The maximum Gasteiger partial charge on any atom is 0.164 e. The van der Waals surface area contributed by atoms with Crippen molar-refractivity contribution in [1.82, 2.24) is 15.0 Å². The van der Waals surface area contributed by atoms with E-state index in [0.717, 1.165) is 46.2 Å². The molecule has 5 nitrogen and oxygen atoms in total. The molecule has 0 bridgehead atoms. The fourth-order valence-electron chi connectivity index (χ4n) is 5.07. The highest BCUT2D eigenvalue weighted by Gasteiger charge is 2.15. The van der Waals surface area contributed by atoms with E-state index in [4.69, 9.17) is 19.7 Å². The molecule has 1 heterocycles. The third-order valence-corrected chi connectivity index (χ3v) is 7.39. The second kappa shape index (κ2) is 12.3. The van der Waals surface area contributed by atoms with Crippen LogP contribution in [0.3, 0.4) is 0 Å². The lowest BCUT2D eigenvalue weighted by atomic mass is 9.98. The van der Waals surface area contributed by atoms with E-state index in [9.17, 15) is 5.11 Å². The van der Waals surface area contributed by atoms with Crippen LogP contribution >= 0.6 is 0 Å². The van der Waals surface area contributed by atoms with Crippen LogP contribution in [0.5, 0.6) is 5.75 Å². The maximum atomic E-state index is 9.39. The monoisotopic (exact) mass is 551 g/mol. The maximum absolute atomic E-state index is 9.39. The molecule has 5 heteroatoms. The van der Waals surface area contributed by atoms with Crippen LogP contribution in [0, 0.1) is 6.92 Å². The van der Waals surface area contributed by atoms with E-state index in [2.05, 4.69) is 78.9 Å². The van der Waals surface area contributed by atoms with Crippen molar-refractivity contribution in [2.24, 2.45) is 0 Å². The summed E-state index contributed by atoms with van der Waals surface area (Å²) in [5.41, 5.74) is 8.46. The molecule has 0 spiro atoms. The number of nitrogens with zero attached hydrogens (tertiary/aromatic N) is 3. The minimum absolute atomic E-state index is 0.0452. The molecule has 42 heavy (non-hydrogen) atoms. The SMILES string of the molecule is Cc1cc(OC(C)CO)ccc1-c1nc(-c2ccc(C3=CCCC=C3)cc2)nc(-c2ccc(-c3ccccc3)cc2)n1. The van der Waals surface area contributed by atoms with E-state index in [1.54, 1.807) is 0 Å². The molecule has 0 fully saturated rings. The Morgan fingerprint density at radius 3 is 1.88 bits per heavy atom. The quantitative estimate of drug-likeness (QED) is 0.210. The predicted molar refractivity (Wildman–Crippen MR) is 170 cm³/mol. The Bertz CT molecular complexity index is 1740. The number of allylic oxidation sites excluding steroid dienone is 4. The van der Waals surface area contributed by atoms with E-state index in [1.807, 2.05) is 50.2 Å². The van der Waals surface area contributed by atoms with Crippen LogP contribution in [0.1, 0.15) is 30.9 Å². The Hall–Kier alpha value is -4.87. The van der Waals surface area contributed by atoms with Crippen LogP contribution in [-0.4, -0.2) is 32.8 Å². The molecule has 0 radical (unpaired) electrons. The average molecular weight is 552 g/mol. The number of hydrogen-bond acceptors (Lipinski definition) is 5. The Kier molecular flexibility index (Phi) is 8.02. The van der Waals surface area contributed by atoms with E-state index in [-0.39, 0.29) is 12.7 Å². The molecule has 1 aliphatic carbocycles. The first-order valence-electron chi connectivity index (χ1n) is 14.4. The smallest absolute Gasteiger partial charge is 0.164 e. The molecular weight excluding hydrogens is 518 g/mol. The van der Waals surface area contributed by atoms with Crippen LogP contribution in [0.4, 0.5) is 0 Å². The summed E-state index contributed by atoms with van der Waals surface area (Å²) in [5.74, 6) is 2.54. The van der Waals surface area contributed by atoms with Gasteiger partial charge in [-0.1, -0.05) is 97.1 Å². The number of aromatic nitrogens is 3. The number of hydrogen-bond donors (Lipinski definition) is 1. The summed E-state index contributed by atoms with van der Waals surface area (Å²) in [6.45, 7) is 3.81. The van der Waals surface area contributed by atoms with Gasteiger partial charge in [-0.15, -0.1) is 0 Å². The summed E-state index contributed by atoms with van der Waals surface area (Å²) in [5, 5.41) is 9.39. The number of rotatable bonds is 8. The van der Waals surface area contributed by atoms with Gasteiger partial charge >= 0.3 is 0 Å². The molecule has 5 aromatic rings. The van der Waals surface area contributed by atoms with Gasteiger partial charge in [0.15, 0.2) is 17.5 Å². The van der Waals surface area contributed by atoms with E-state index in [0.29, 0.717) is 23.2 Å². The summed E-state index contributed by atoms with van der Waals surface area (Å²) >= 11 is 0. The zero-order valence-corrected chi connectivity index (χ0v) is 23.9. The Morgan fingerprint density at radius 2 is 1.29 bits per heavy atom. The van der Waals surface area contributed by atoms with Gasteiger partial charge in [0.1, 0.15) is 11.9 Å². The molecule has 0 saturated heterocycles. The lowest BCUT2D eigenvalue weighted by molar-refractivity contribution is 0.129. The first-order chi connectivity index (χ1) is 20.6. The van der Waals surface area contributed by atoms with Gasteiger partial charge in [-0.3, -0.25) is 0 Å². The number of ether oxygens (including phenoxy) is 1. The van der Waals surface area contributed by atoms with E-state index in [1.165, 1.54) is 11.1 Å². The number of aliphatic hydroxyl groups excluding tert-OH is 1. The van der Waals surface area contributed by atoms with E-state index >= 15 is 0 Å². The van der Waals surface area contributed by atoms with Crippen molar-refractivity contribution >= 4 is 5.57 Å². The van der Waals surface area contributed by atoms with Crippen LogP contribution in [0.15, 0.2) is 115 Å². The fraction of sp³-hybridized carbons (Fsp3) is 0.162. The first kappa shape index (κ1) is 27.3. The van der Waals surface area contributed by atoms with Crippen LogP contribution in [0.25, 0.3) is 50.9 Å². The predicted octanol–water partition coefficient (Wildman–Crippen LogP) is 8.34. The Balaban J connectivity index is 1.40. The Morgan fingerprint density at radius 1 is 0.690 bits per heavy atom. The van der Waals surface area contributed by atoms with Gasteiger partial charge in [0.05, 0.1) is 6.61 Å². The van der Waals surface area contributed by atoms with Crippen molar-refractivity contribution in [3.05, 3.63) is 126 Å². The minimum Gasteiger partial charge on any atom is -0.488 e. The first-order valence-corrected chi connectivity index (χ1v) is 14.4. The zero-order valence-electron chi connectivity index (χ0n) is 23.9. The zero-order chi connectivity index (χ0) is 28.9. The molecule has 1 aromatic heterocycles. The topological polar surface area (TPSA) is 68.1 Å². The molecule has 0 saturated carbocycles. The highest BCUT2D eigenvalue weighted by molar-refractivity contribution is 5.77. The molecule has 1 atom stereocenters. The van der Waals surface area contributed by atoms with Gasteiger partial charge in [-0.2, -0.15) is 0 Å².